The van der Waals surface area contributed by atoms with Crippen molar-refractivity contribution in [2.24, 2.45) is 0 Å². The predicted octanol–water partition coefficient (Wildman–Crippen LogP) is 3.86. The van der Waals surface area contributed by atoms with Gasteiger partial charge in [-0.05, 0) is 55.0 Å². The number of aldehydes is 1. The first-order valence-electron chi connectivity index (χ1n) is 6.99. The van der Waals surface area contributed by atoms with E-state index in [0.717, 1.165) is 52.5 Å². The van der Waals surface area contributed by atoms with Crippen molar-refractivity contribution in [2.45, 2.75) is 25.2 Å². The SMILES string of the molecule is O=CC1CCCc2nc(C#Cc3cccc(Br)c3)ccc21. The lowest BCUT2D eigenvalue weighted by molar-refractivity contribution is -0.109. The third-order valence-electron chi connectivity index (χ3n) is 3.66. The molecule has 21 heavy (non-hydrogen) atoms. The van der Waals surface area contributed by atoms with Gasteiger partial charge in [0.15, 0.2) is 0 Å². The van der Waals surface area contributed by atoms with Crippen molar-refractivity contribution in [1.29, 1.82) is 0 Å². The minimum atomic E-state index is 0.00772. The maximum Gasteiger partial charge on any atom is 0.127 e. The Hall–Kier alpha value is -1.92. The number of benzene rings is 1. The molecule has 0 bridgehead atoms. The largest absolute Gasteiger partial charge is 0.303 e. The lowest BCUT2D eigenvalue weighted by Gasteiger charge is -2.20. The molecule has 104 valence electrons. The van der Waals surface area contributed by atoms with Crippen molar-refractivity contribution in [3.63, 3.8) is 0 Å². The molecule has 0 fully saturated rings. The van der Waals surface area contributed by atoms with Crippen molar-refractivity contribution >= 4 is 22.2 Å². The van der Waals surface area contributed by atoms with Crippen LogP contribution in [0.15, 0.2) is 40.9 Å². The van der Waals surface area contributed by atoms with Gasteiger partial charge >= 0.3 is 0 Å². The third-order valence-corrected chi connectivity index (χ3v) is 4.15. The summed E-state index contributed by atoms with van der Waals surface area (Å²) in [5, 5.41) is 0. The van der Waals surface area contributed by atoms with Gasteiger partial charge in [-0.2, -0.15) is 0 Å². The minimum absolute atomic E-state index is 0.00772. The molecule has 1 aromatic heterocycles. The number of rotatable bonds is 1. The molecule has 3 heteroatoms. The lowest BCUT2D eigenvalue weighted by Crippen LogP contribution is -2.12. The van der Waals surface area contributed by atoms with E-state index in [0.29, 0.717) is 0 Å². The molecule has 1 heterocycles. The quantitative estimate of drug-likeness (QED) is 0.583. The molecule has 0 saturated carbocycles. The highest BCUT2D eigenvalue weighted by Crippen LogP contribution is 2.28. The third kappa shape index (κ3) is 3.22. The first kappa shape index (κ1) is 14.0. The first-order valence-corrected chi connectivity index (χ1v) is 7.78. The second-order valence-corrected chi connectivity index (χ2v) is 6.04. The summed E-state index contributed by atoms with van der Waals surface area (Å²) in [7, 11) is 0. The summed E-state index contributed by atoms with van der Waals surface area (Å²) in [4.78, 5) is 15.7. The van der Waals surface area contributed by atoms with E-state index in [-0.39, 0.29) is 5.92 Å². The number of nitrogens with zero attached hydrogens (tertiary/aromatic N) is 1. The highest BCUT2D eigenvalue weighted by atomic mass is 79.9. The molecule has 0 spiro atoms. The van der Waals surface area contributed by atoms with Gasteiger partial charge in [-0.3, -0.25) is 0 Å². The number of carbonyl (C=O) groups excluding carboxylic acids is 1. The summed E-state index contributed by atoms with van der Waals surface area (Å²) in [6, 6.07) is 11.8. The molecule has 0 N–H and O–H groups in total. The molecule has 1 atom stereocenters. The Labute approximate surface area is 132 Å². The van der Waals surface area contributed by atoms with Crippen LogP contribution in [0.25, 0.3) is 0 Å². The van der Waals surface area contributed by atoms with Crippen LogP contribution < -0.4 is 0 Å². The summed E-state index contributed by atoms with van der Waals surface area (Å²) < 4.78 is 1.02. The Morgan fingerprint density at radius 3 is 2.95 bits per heavy atom. The summed E-state index contributed by atoms with van der Waals surface area (Å²) >= 11 is 3.44. The van der Waals surface area contributed by atoms with Crippen LogP contribution in [0.4, 0.5) is 0 Å². The number of halogens is 1. The van der Waals surface area contributed by atoms with Crippen LogP contribution in [0, 0.1) is 11.8 Å². The van der Waals surface area contributed by atoms with Crippen molar-refractivity contribution < 1.29 is 4.79 Å². The lowest BCUT2D eigenvalue weighted by atomic mass is 9.86. The van der Waals surface area contributed by atoms with Crippen LogP contribution in [0.2, 0.25) is 0 Å². The van der Waals surface area contributed by atoms with Gasteiger partial charge in [0, 0.05) is 21.6 Å². The van der Waals surface area contributed by atoms with E-state index >= 15 is 0 Å². The molecule has 1 aliphatic rings. The second kappa shape index (κ2) is 6.24. The molecule has 1 unspecified atom stereocenters. The normalized spacial score (nSPS) is 16.5. The number of aryl methyl sites for hydroxylation is 1. The molecule has 0 saturated heterocycles. The maximum absolute atomic E-state index is 11.1. The van der Waals surface area contributed by atoms with Crippen LogP contribution in [0.5, 0.6) is 0 Å². The summed E-state index contributed by atoms with van der Waals surface area (Å²) in [5.74, 6) is 6.23. The Bertz CT molecular complexity index is 742. The fourth-order valence-corrected chi connectivity index (χ4v) is 3.01. The van der Waals surface area contributed by atoms with Crippen molar-refractivity contribution in [3.8, 4) is 11.8 Å². The standard InChI is InChI=1S/C18H14BrNO/c19-15-5-1-3-13(11-15)7-8-16-9-10-17-14(12-21)4-2-6-18(17)20-16/h1,3,5,9-12,14H,2,4,6H2. The Morgan fingerprint density at radius 2 is 2.14 bits per heavy atom. The average molecular weight is 340 g/mol. The highest BCUT2D eigenvalue weighted by molar-refractivity contribution is 9.10. The fraction of sp³-hybridized carbons (Fsp3) is 0.222. The summed E-state index contributed by atoms with van der Waals surface area (Å²) in [5.41, 5.74) is 3.82. The summed E-state index contributed by atoms with van der Waals surface area (Å²) in [6.07, 6.45) is 3.92. The van der Waals surface area contributed by atoms with E-state index in [2.05, 4.69) is 32.8 Å². The molecule has 1 aliphatic carbocycles. The van der Waals surface area contributed by atoms with Crippen LogP contribution in [0.1, 0.15) is 41.3 Å². The van der Waals surface area contributed by atoms with Crippen LogP contribution in [-0.4, -0.2) is 11.3 Å². The molecule has 0 aliphatic heterocycles. The van der Waals surface area contributed by atoms with Crippen molar-refractivity contribution in [1.82, 2.24) is 4.98 Å². The number of fused-ring (bicyclic) bond motifs is 1. The van der Waals surface area contributed by atoms with E-state index in [1.165, 1.54) is 0 Å². The zero-order valence-corrected chi connectivity index (χ0v) is 13.1. The molecular weight excluding hydrogens is 326 g/mol. The van der Waals surface area contributed by atoms with Crippen molar-refractivity contribution in [3.05, 3.63) is 63.4 Å². The summed E-state index contributed by atoms with van der Waals surface area (Å²) in [6.45, 7) is 0. The van der Waals surface area contributed by atoms with E-state index in [1.807, 2.05) is 36.4 Å². The zero-order chi connectivity index (χ0) is 14.7. The van der Waals surface area contributed by atoms with Gasteiger partial charge in [0.05, 0.1) is 0 Å². The second-order valence-electron chi connectivity index (χ2n) is 5.13. The smallest absolute Gasteiger partial charge is 0.127 e. The number of hydrogen-bond donors (Lipinski definition) is 0. The molecule has 0 amide bonds. The number of aromatic nitrogens is 1. The zero-order valence-electron chi connectivity index (χ0n) is 11.5. The van der Waals surface area contributed by atoms with Gasteiger partial charge in [-0.25, -0.2) is 4.98 Å². The van der Waals surface area contributed by atoms with Gasteiger partial charge in [-0.1, -0.05) is 34.0 Å². The first-order chi connectivity index (χ1) is 10.3. The molecule has 1 aromatic carbocycles. The molecule has 2 nitrogen and oxygen atoms in total. The van der Waals surface area contributed by atoms with Gasteiger partial charge in [-0.15, -0.1) is 0 Å². The Balaban J connectivity index is 1.90. The topological polar surface area (TPSA) is 30.0 Å². The fourth-order valence-electron chi connectivity index (χ4n) is 2.61. The van der Waals surface area contributed by atoms with Crippen LogP contribution in [0.3, 0.4) is 0 Å². The van der Waals surface area contributed by atoms with E-state index in [4.69, 9.17) is 0 Å². The number of pyridine rings is 1. The van der Waals surface area contributed by atoms with Crippen LogP contribution in [-0.2, 0) is 11.2 Å². The van der Waals surface area contributed by atoms with Crippen LogP contribution >= 0.6 is 15.9 Å². The Morgan fingerprint density at radius 1 is 1.24 bits per heavy atom. The van der Waals surface area contributed by atoms with Gasteiger partial charge in [0.1, 0.15) is 12.0 Å². The highest BCUT2D eigenvalue weighted by Gasteiger charge is 2.20. The van der Waals surface area contributed by atoms with E-state index in [1.54, 1.807) is 0 Å². The predicted molar refractivity (Wildman–Crippen MR) is 86.1 cm³/mol. The minimum Gasteiger partial charge on any atom is -0.303 e. The molecule has 2 aromatic rings. The van der Waals surface area contributed by atoms with Crippen molar-refractivity contribution in [2.75, 3.05) is 0 Å². The monoisotopic (exact) mass is 339 g/mol. The Kier molecular flexibility index (Phi) is 4.17. The van der Waals surface area contributed by atoms with Gasteiger partial charge < -0.3 is 4.79 Å². The van der Waals surface area contributed by atoms with Gasteiger partial charge in [0.2, 0.25) is 0 Å². The van der Waals surface area contributed by atoms with Gasteiger partial charge in [0.25, 0.3) is 0 Å². The molecule has 0 radical (unpaired) electrons. The van der Waals surface area contributed by atoms with E-state index in [9.17, 15) is 4.79 Å². The molecule has 3 rings (SSSR count). The number of hydrogen-bond acceptors (Lipinski definition) is 2. The average Bonchev–Trinajstić information content (AvgIpc) is 2.52. The van der Waals surface area contributed by atoms with E-state index < -0.39 is 0 Å². The maximum atomic E-state index is 11.1. The molecular formula is C18H14BrNO. The number of carbonyl (C=O) groups is 1.